The van der Waals surface area contributed by atoms with Crippen LogP contribution in [0.4, 0.5) is 4.79 Å². The standard InChI is InChI=1S/C16H16BrN3O3S/c1-11-2-8-14(9-3-11)24(22,23)10-15(19-20-16(18)21)12-4-6-13(17)7-5-12/h2-9H,10H2,1H3,(H3,18,20,21)/b19-15-. The van der Waals surface area contributed by atoms with Crippen LogP contribution in [0.3, 0.4) is 0 Å². The maximum Gasteiger partial charge on any atom is 0.332 e. The summed E-state index contributed by atoms with van der Waals surface area (Å²) in [6.45, 7) is 1.88. The fourth-order valence-electron chi connectivity index (χ4n) is 1.95. The van der Waals surface area contributed by atoms with Gasteiger partial charge in [0.1, 0.15) is 0 Å². The molecule has 0 bridgehead atoms. The number of nitrogens with zero attached hydrogens (tertiary/aromatic N) is 1. The molecule has 2 aromatic rings. The van der Waals surface area contributed by atoms with Gasteiger partial charge in [-0.25, -0.2) is 18.6 Å². The lowest BCUT2D eigenvalue weighted by molar-refractivity contribution is 0.249. The molecule has 0 unspecified atom stereocenters. The number of amides is 2. The number of carbonyl (C=O) groups excluding carboxylic acids is 1. The van der Waals surface area contributed by atoms with Crippen molar-refractivity contribution in [3.05, 3.63) is 64.1 Å². The first-order valence-electron chi connectivity index (χ1n) is 6.95. The Kier molecular flexibility index (Phi) is 5.74. The second-order valence-electron chi connectivity index (χ2n) is 5.11. The third-order valence-corrected chi connectivity index (χ3v) is 5.36. The maximum atomic E-state index is 12.6. The van der Waals surface area contributed by atoms with Gasteiger partial charge in [-0.15, -0.1) is 0 Å². The zero-order chi connectivity index (χ0) is 17.7. The van der Waals surface area contributed by atoms with Gasteiger partial charge in [0.2, 0.25) is 0 Å². The van der Waals surface area contributed by atoms with Gasteiger partial charge in [0.05, 0.1) is 16.4 Å². The van der Waals surface area contributed by atoms with E-state index in [1.807, 2.05) is 6.92 Å². The number of aryl methyl sites for hydroxylation is 1. The molecule has 0 atom stereocenters. The van der Waals surface area contributed by atoms with Crippen LogP contribution in [0, 0.1) is 6.92 Å². The first-order valence-corrected chi connectivity index (χ1v) is 9.40. The van der Waals surface area contributed by atoms with Gasteiger partial charge in [0, 0.05) is 4.47 Å². The second kappa shape index (κ2) is 7.59. The van der Waals surface area contributed by atoms with Gasteiger partial charge in [-0.3, -0.25) is 0 Å². The molecule has 0 aliphatic rings. The molecule has 0 radical (unpaired) electrons. The van der Waals surface area contributed by atoms with Gasteiger partial charge in [0.25, 0.3) is 0 Å². The molecule has 0 spiro atoms. The highest BCUT2D eigenvalue weighted by atomic mass is 79.9. The fraction of sp³-hybridized carbons (Fsp3) is 0.125. The zero-order valence-electron chi connectivity index (χ0n) is 12.9. The molecule has 2 rings (SSSR count). The number of hydrogen-bond acceptors (Lipinski definition) is 4. The number of primary amides is 1. The minimum Gasteiger partial charge on any atom is -0.350 e. The van der Waals surface area contributed by atoms with E-state index in [-0.39, 0.29) is 16.4 Å². The van der Waals surface area contributed by atoms with E-state index in [9.17, 15) is 13.2 Å². The zero-order valence-corrected chi connectivity index (χ0v) is 15.3. The molecule has 0 aliphatic carbocycles. The number of hydrazone groups is 1. The normalized spacial score (nSPS) is 12.0. The second-order valence-corrected chi connectivity index (χ2v) is 8.02. The van der Waals surface area contributed by atoms with Crippen LogP contribution in [-0.2, 0) is 9.84 Å². The van der Waals surface area contributed by atoms with Crippen LogP contribution in [0.2, 0.25) is 0 Å². The Morgan fingerprint density at radius 3 is 2.25 bits per heavy atom. The van der Waals surface area contributed by atoms with Gasteiger partial charge in [-0.05, 0) is 36.8 Å². The van der Waals surface area contributed by atoms with Crippen molar-refractivity contribution in [1.29, 1.82) is 0 Å². The molecule has 6 nitrogen and oxygen atoms in total. The van der Waals surface area contributed by atoms with E-state index in [1.165, 1.54) is 0 Å². The highest BCUT2D eigenvalue weighted by Crippen LogP contribution is 2.16. The molecule has 0 fully saturated rings. The first-order chi connectivity index (χ1) is 11.3. The molecule has 24 heavy (non-hydrogen) atoms. The minimum absolute atomic E-state index is 0.192. The molecular weight excluding hydrogens is 394 g/mol. The number of nitrogens with two attached hydrogens (primary N) is 1. The van der Waals surface area contributed by atoms with Gasteiger partial charge >= 0.3 is 6.03 Å². The lowest BCUT2D eigenvalue weighted by atomic mass is 10.1. The summed E-state index contributed by atoms with van der Waals surface area (Å²) in [5.41, 5.74) is 8.85. The lowest BCUT2D eigenvalue weighted by Gasteiger charge is -2.09. The van der Waals surface area contributed by atoms with E-state index in [2.05, 4.69) is 26.5 Å². The Morgan fingerprint density at radius 2 is 1.71 bits per heavy atom. The van der Waals surface area contributed by atoms with Crippen molar-refractivity contribution >= 4 is 37.5 Å². The van der Waals surface area contributed by atoms with Crippen LogP contribution >= 0.6 is 15.9 Å². The monoisotopic (exact) mass is 409 g/mol. The van der Waals surface area contributed by atoms with E-state index in [0.29, 0.717) is 5.56 Å². The highest BCUT2D eigenvalue weighted by Gasteiger charge is 2.19. The molecule has 0 heterocycles. The van der Waals surface area contributed by atoms with Gasteiger partial charge < -0.3 is 5.73 Å². The van der Waals surface area contributed by atoms with Crippen LogP contribution in [0.25, 0.3) is 0 Å². The largest absolute Gasteiger partial charge is 0.350 e. The average molecular weight is 410 g/mol. The third-order valence-electron chi connectivity index (χ3n) is 3.19. The number of nitrogens with one attached hydrogen (secondary N) is 1. The molecule has 126 valence electrons. The number of urea groups is 1. The van der Waals surface area contributed by atoms with Crippen LogP contribution in [-0.4, -0.2) is 25.9 Å². The van der Waals surface area contributed by atoms with Gasteiger partial charge in [-0.1, -0.05) is 45.8 Å². The number of sulfone groups is 1. The summed E-state index contributed by atoms with van der Waals surface area (Å²) in [5, 5.41) is 3.85. The van der Waals surface area contributed by atoms with Gasteiger partial charge in [-0.2, -0.15) is 5.10 Å². The number of carbonyl (C=O) groups is 1. The van der Waals surface area contributed by atoms with E-state index in [1.54, 1.807) is 48.5 Å². The molecular formula is C16H16BrN3O3S. The molecule has 0 saturated carbocycles. The molecule has 0 saturated heterocycles. The SMILES string of the molecule is Cc1ccc(S(=O)(=O)C/C(=N/NC(N)=O)c2ccc(Br)cc2)cc1. The summed E-state index contributed by atoms with van der Waals surface area (Å²) in [6, 6.07) is 12.6. The van der Waals surface area contributed by atoms with Crippen LogP contribution in [0.1, 0.15) is 11.1 Å². The topological polar surface area (TPSA) is 102 Å². The van der Waals surface area contributed by atoms with Crippen molar-refractivity contribution in [2.24, 2.45) is 10.8 Å². The summed E-state index contributed by atoms with van der Waals surface area (Å²) < 4.78 is 26.1. The lowest BCUT2D eigenvalue weighted by Crippen LogP contribution is -2.28. The van der Waals surface area contributed by atoms with E-state index in [0.717, 1.165) is 10.0 Å². The minimum atomic E-state index is -3.62. The molecule has 0 aliphatic heterocycles. The summed E-state index contributed by atoms with van der Waals surface area (Å²) in [5.74, 6) is -0.363. The summed E-state index contributed by atoms with van der Waals surface area (Å²) in [6.07, 6.45) is 0. The predicted octanol–water partition coefficient (Wildman–Crippen LogP) is 2.60. The number of benzene rings is 2. The smallest absolute Gasteiger partial charge is 0.332 e. The predicted molar refractivity (Wildman–Crippen MR) is 96.6 cm³/mol. The van der Waals surface area contributed by atoms with Crippen molar-refractivity contribution in [1.82, 2.24) is 5.43 Å². The fourth-order valence-corrected chi connectivity index (χ4v) is 3.53. The van der Waals surface area contributed by atoms with E-state index in [4.69, 9.17) is 5.73 Å². The van der Waals surface area contributed by atoms with Crippen molar-refractivity contribution in [2.75, 3.05) is 5.75 Å². The Balaban J connectivity index is 2.37. The highest BCUT2D eigenvalue weighted by molar-refractivity contribution is 9.10. The Bertz CT molecular complexity index is 860. The Hall–Kier alpha value is -2.19. The van der Waals surface area contributed by atoms with E-state index < -0.39 is 15.9 Å². The van der Waals surface area contributed by atoms with Crippen LogP contribution < -0.4 is 11.2 Å². The maximum absolute atomic E-state index is 12.6. The summed E-state index contributed by atoms with van der Waals surface area (Å²) in [7, 11) is -3.62. The number of halogens is 1. The number of rotatable bonds is 5. The Labute approximate surface area is 148 Å². The van der Waals surface area contributed by atoms with Crippen molar-refractivity contribution < 1.29 is 13.2 Å². The average Bonchev–Trinajstić information content (AvgIpc) is 2.52. The van der Waals surface area contributed by atoms with E-state index >= 15 is 0 Å². The summed E-state index contributed by atoms with van der Waals surface area (Å²) in [4.78, 5) is 11.1. The van der Waals surface area contributed by atoms with Crippen molar-refractivity contribution in [3.63, 3.8) is 0 Å². The van der Waals surface area contributed by atoms with Gasteiger partial charge in [0.15, 0.2) is 9.84 Å². The first kappa shape index (κ1) is 18.2. The quantitative estimate of drug-likeness (QED) is 0.585. The number of hydrogen-bond donors (Lipinski definition) is 2. The molecule has 2 amide bonds. The van der Waals surface area contributed by atoms with Crippen LogP contribution in [0.5, 0.6) is 0 Å². The van der Waals surface area contributed by atoms with Crippen molar-refractivity contribution in [2.45, 2.75) is 11.8 Å². The molecule has 3 N–H and O–H groups in total. The summed E-state index contributed by atoms with van der Waals surface area (Å²) >= 11 is 3.31. The third kappa shape index (κ3) is 4.90. The molecule has 0 aromatic heterocycles. The Morgan fingerprint density at radius 1 is 1.12 bits per heavy atom. The van der Waals surface area contributed by atoms with Crippen LogP contribution in [0.15, 0.2) is 63.0 Å². The van der Waals surface area contributed by atoms with Crippen molar-refractivity contribution in [3.8, 4) is 0 Å². The molecule has 2 aromatic carbocycles. The molecule has 8 heteroatoms.